The minimum Gasteiger partial charge on any atom is -0.360 e. The van der Waals surface area contributed by atoms with Crippen molar-refractivity contribution in [3.05, 3.63) is 11.8 Å². The maximum atomic E-state index is 5.00. The minimum atomic E-state index is -0.0903. The van der Waals surface area contributed by atoms with Gasteiger partial charge in [0.15, 0.2) is 9.52 Å². The number of hydrogen-bond acceptors (Lipinski definition) is 2. The van der Waals surface area contributed by atoms with Crippen LogP contribution in [0.2, 0.25) is 0 Å². The SMILES string of the molecule is C=C(CC)[Si]C(OC)OC. The van der Waals surface area contributed by atoms with Crippen LogP contribution in [0.4, 0.5) is 0 Å². The zero-order chi connectivity index (χ0) is 7.98. The van der Waals surface area contributed by atoms with E-state index in [9.17, 15) is 0 Å². The first-order valence-corrected chi connectivity index (χ1v) is 4.32. The van der Waals surface area contributed by atoms with Gasteiger partial charge in [0.2, 0.25) is 0 Å². The molecule has 0 amide bonds. The van der Waals surface area contributed by atoms with Gasteiger partial charge < -0.3 is 9.47 Å². The van der Waals surface area contributed by atoms with Gasteiger partial charge in [-0.25, -0.2) is 0 Å². The van der Waals surface area contributed by atoms with E-state index < -0.39 is 0 Å². The zero-order valence-electron chi connectivity index (χ0n) is 6.81. The van der Waals surface area contributed by atoms with Gasteiger partial charge in [-0.05, 0) is 6.42 Å². The molecule has 2 radical (unpaired) electrons. The Morgan fingerprint density at radius 2 is 2.00 bits per heavy atom. The van der Waals surface area contributed by atoms with Crippen molar-refractivity contribution in [1.82, 2.24) is 0 Å². The van der Waals surface area contributed by atoms with E-state index in [2.05, 4.69) is 13.5 Å². The third kappa shape index (κ3) is 3.82. The predicted octanol–water partition coefficient (Wildman–Crippen LogP) is 1.19. The van der Waals surface area contributed by atoms with E-state index in [1.54, 1.807) is 14.2 Å². The smallest absolute Gasteiger partial charge is 0.151 e. The molecule has 0 heterocycles. The van der Waals surface area contributed by atoms with Crippen molar-refractivity contribution >= 4 is 9.52 Å². The molecule has 0 fully saturated rings. The molecule has 0 saturated heterocycles. The van der Waals surface area contributed by atoms with Crippen molar-refractivity contribution in [2.75, 3.05) is 14.2 Å². The van der Waals surface area contributed by atoms with Gasteiger partial charge >= 0.3 is 0 Å². The minimum absolute atomic E-state index is 0.0903. The third-order valence-electron chi connectivity index (χ3n) is 1.18. The summed E-state index contributed by atoms with van der Waals surface area (Å²) >= 11 is 0. The quantitative estimate of drug-likeness (QED) is 0.442. The second-order valence-corrected chi connectivity index (χ2v) is 3.37. The van der Waals surface area contributed by atoms with Crippen molar-refractivity contribution in [2.24, 2.45) is 0 Å². The summed E-state index contributed by atoms with van der Waals surface area (Å²) in [4.78, 5) is 0. The van der Waals surface area contributed by atoms with E-state index in [1.165, 1.54) is 5.20 Å². The molecular formula is C7H14O2Si. The van der Waals surface area contributed by atoms with Crippen molar-refractivity contribution in [2.45, 2.75) is 19.3 Å². The van der Waals surface area contributed by atoms with Crippen molar-refractivity contribution < 1.29 is 9.47 Å². The first-order valence-electron chi connectivity index (χ1n) is 3.24. The first-order chi connectivity index (χ1) is 4.74. The van der Waals surface area contributed by atoms with E-state index in [4.69, 9.17) is 9.47 Å². The van der Waals surface area contributed by atoms with E-state index in [-0.39, 0.29) is 5.91 Å². The van der Waals surface area contributed by atoms with Gasteiger partial charge in [0, 0.05) is 14.2 Å². The third-order valence-corrected chi connectivity index (χ3v) is 2.65. The Kier molecular flexibility index (Phi) is 5.58. The van der Waals surface area contributed by atoms with Gasteiger partial charge in [-0.3, -0.25) is 0 Å². The molecule has 0 aliphatic rings. The van der Waals surface area contributed by atoms with Crippen LogP contribution >= 0.6 is 0 Å². The highest BCUT2D eigenvalue weighted by atomic mass is 28.2. The molecule has 0 atom stereocenters. The van der Waals surface area contributed by atoms with Gasteiger partial charge in [-0.15, -0.1) is 6.58 Å². The van der Waals surface area contributed by atoms with Crippen LogP contribution in [0.15, 0.2) is 11.8 Å². The van der Waals surface area contributed by atoms with E-state index >= 15 is 0 Å². The number of ether oxygens (including phenoxy) is 2. The Balaban J connectivity index is 3.52. The Hall–Kier alpha value is -0.123. The highest BCUT2D eigenvalue weighted by molar-refractivity contribution is 6.46. The molecule has 3 heteroatoms. The Morgan fingerprint density at radius 1 is 1.50 bits per heavy atom. The number of allylic oxidation sites excluding steroid dienone is 1. The average Bonchev–Trinajstić information content (AvgIpc) is 1.99. The Labute approximate surface area is 65.0 Å². The molecule has 0 rings (SSSR count). The van der Waals surface area contributed by atoms with Gasteiger partial charge in [0.05, 0.1) is 0 Å². The molecular weight excluding hydrogens is 144 g/mol. The highest BCUT2D eigenvalue weighted by Gasteiger charge is 2.06. The standard InChI is InChI=1S/C7H14O2Si/c1-5-6(2)10-7(8-3)9-4/h7H,2,5H2,1,3-4H3. The van der Waals surface area contributed by atoms with Gasteiger partial charge in [0.1, 0.15) is 5.91 Å². The lowest BCUT2D eigenvalue weighted by molar-refractivity contribution is -0.0433. The summed E-state index contributed by atoms with van der Waals surface area (Å²) in [5, 5.41) is 1.19. The molecule has 10 heavy (non-hydrogen) atoms. The van der Waals surface area contributed by atoms with Crippen molar-refractivity contribution in [3.63, 3.8) is 0 Å². The van der Waals surface area contributed by atoms with Crippen LogP contribution in [0.1, 0.15) is 13.3 Å². The summed E-state index contributed by atoms with van der Waals surface area (Å²) in [5.74, 6) is -0.0903. The second-order valence-electron chi connectivity index (χ2n) is 1.90. The Bertz CT molecular complexity index is 99.8. The molecule has 0 spiro atoms. The zero-order valence-corrected chi connectivity index (χ0v) is 7.81. The maximum Gasteiger partial charge on any atom is 0.151 e. The van der Waals surface area contributed by atoms with E-state index in [0.717, 1.165) is 6.42 Å². The normalized spacial score (nSPS) is 10.4. The Morgan fingerprint density at radius 3 is 2.30 bits per heavy atom. The van der Waals surface area contributed by atoms with Crippen LogP contribution in [0.5, 0.6) is 0 Å². The molecule has 0 aromatic rings. The molecule has 58 valence electrons. The molecule has 2 nitrogen and oxygen atoms in total. The molecule has 0 N–H and O–H groups in total. The summed E-state index contributed by atoms with van der Waals surface area (Å²) in [7, 11) is 3.84. The first kappa shape index (κ1) is 9.88. The number of rotatable bonds is 5. The molecule has 0 aliphatic carbocycles. The van der Waals surface area contributed by atoms with Gasteiger partial charge in [-0.1, -0.05) is 12.1 Å². The molecule has 0 aromatic carbocycles. The summed E-state index contributed by atoms with van der Waals surface area (Å²) in [6, 6.07) is 0. The fraction of sp³-hybridized carbons (Fsp3) is 0.714. The summed E-state index contributed by atoms with van der Waals surface area (Å²) in [6.07, 6.45) is 1.00. The maximum absolute atomic E-state index is 5.00. The fourth-order valence-electron chi connectivity index (χ4n) is 0.483. The van der Waals surface area contributed by atoms with Crippen LogP contribution in [-0.4, -0.2) is 29.7 Å². The summed E-state index contributed by atoms with van der Waals surface area (Å²) in [5.41, 5.74) is 0. The molecule has 0 saturated carbocycles. The molecule has 0 aliphatic heterocycles. The van der Waals surface area contributed by atoms with Gasteiger partial charge in [0.25, 0.3) is 0 Å². The van der Waals surface area contributed by atoms with Crippen molar-refractivity contribution in [3.8, 4) is 0 Å². The van der Waals surface area contributed by atoms with Crippen LogP contribution in [-0.2, 0) is 9.47 Å². The van der Waals surface area contributed by atoms with Crippen LogP contribution in [0, 0.1) is 0 Å². The number of methoxy groups -OCH3 is 2. The lowest BCUT2D eigenvalue weighted by Crippen LogP contribution is -2.22. The van der Waals surface area contributed by atoms with Crippen LogP contribution in [0.25, 0.3) is 0 Å². The summed E-state index contributed by atoms with van der Waals surface area (Å²) in [6.45, 7) is 5.94. The summed E-state index contributed by atoms with van der Waals surface area (Å²) < 4.78 is 10.0. The molecule has 0 unspecified atom stereocenters. The van der Waals surface area contributed by atoms with Gasteiger partial charge in [-0.2, -0.15) is 0 Å². The monoisotopic (exact) mass is 158 g/mol. The van der Waals surface area contributed by atoms with Crippen LogP contribution < -0.4 is 0 Å². The predicted molar refractivity (Wildman–Crippen MR) is 43.0 cm³/mol. The van der Waals surface area contributed by atoms with Crippen molar-refractivity contribution in [1.29, 1.82) is 0 Å². The second kappa shape index (κ2) is 5.65. The van der Waals surface area contributed by atoms with Crippen LogP contribution in [0.3, 0.4) is 0 Å². The number of hydrogen-bond donors (Lipinski definition) is 0. The highest BCUT2D eigenvalue weighted by Crippen LogP contribution is 1.99. The average molecular weight is 158 g/mol. The van der Waals surface area contributed by atoms with E-state index in [0.29, 0.717) is 9.52 Å². The molecule has 0 bridgehead atoms. The lowest BCUT2D eigenvalue weighted by atomic mass is 10.5. The topological polar surface area (TPSA) is 18.5 Å². The van der Waals surface area contributed by atoms with E-state index in [1.807, 2.05) is 0 Å². The molecule has 0 aromatic heterocycles. The largest absolute Gasteiger partial charge is 0.360 e. The lowest BCUT2D eigenvalue weighted by Gasteiger charge is -2.12. The fourth-order valence-corrected chi connectivity index (χ4v) is 1.26.